The van der Waals surface area contributed by atoms with Gasteiger partial charge in [-0.2, -0.15) is 0 Å². The van der Waals surface area contributed by atoms with Gasteiger partial charge in [-0.25, -0.2) is 4.79 Å². The van der Waals surface area contributed by atoms with Crippen molar-refractivity contribution in [1.82, 2.24) is 0 Å². The van der Waals surface area contributed by atoms with Crippen LogP contribution in [0.1, 0.15) is 6.92 Å². The van der Waals surface area contributed by atoms with E-state index in [2.05, 4.69) is 6.58 Å². The first-order chi connectivity index (χ1) is 7.56. The van der Waals surface area contributed by atoms with Crippen LogP contribution in [0.5, 0.6) is 0 Å². The third kappa shape index (κ3) is 1.45. The molecule has 5 heteroatoms. The highest BCUT2D eigenvalue weighted by Gasteiger charge is 2.45. The summed E-state index contributed by atoms with van der Waals surface area (Å²) in [5.74, 6) is -0.517. The van der Waals surface area contributed by atoms with E-state index < -0.39 is 24.3 Å². The lowest BCUT2D eigenvalue weighted by Gasteiger charge is -2.30. The van der Waals surface area contributed by atoms with Crippen LogP contribution in [0.4, 0.5) is 0 Å². The van der Waals surface area contributed by atoms with E-state index in [9.17, 15) is 15.0 Å². The van der Waals surface area contributed by atoms with Gasteiger partial charge in [0.15, 0.2) is 11.5 Å². The largest absolute Gasteiger partial charge is 0.479 e. The van der Waals surface area contributed by atoms with Crippen LogP contribution in [0.2, 0.25) is 0 Å². The zero-order valence-corrected chi connectivity index (χ0v) is 8.71. The average molecular weight is 224 g/mol. The molecule has 0 unspecified atom stereocenters. The fourth-order valence-corrected chi connectivity index (χ4v) is 1.74. The van der Waals surface area contributed by atoms with Gasteiger partial charge in [0.25, 0.3) is 0 Å². The molecule has 3 atom stereocenters. The molecule has 0 radical (unpaired) electrons. The Morgan fingerprint density at radius 2 is 2.12 bits per heavy atom. The molecular weight excluding hydrogens is 212 g/mol. The Labute approximate surface area is 92.3 Å². The molecule has 0 aromatic carbocycles. The Morgan fingerprint density at radius 1 is 1.44 bits per heavy atom. The van der Waals surface area contributed by atoms with Crippen molar-refractivity contribution in [1.29, 1.82) is 0 Å². The van der Waals surface area contributed by atoms with E-state index in [1.807, 2.05) is 0 Å². The van der Waals surface area contributed by atoms with Gasteiger partial charge in [-0.05, 0) is 13.0 Å². The van der Waals surface area contributed by atoms with Crippen molar-refractivity contribution in [3.05, 3.63) is 35.8 Å². The zero-order valence-electron chi connectivity index (χ0n) is 8.71. The maximum atomic E-state index is 11.3. The Bertz CT molecular complexity index is 407. The highest BCUT2D eigenvalue weighted by Crippen LogP contribution is 2.35. The number of esters is 1. The van der Waals surface area contributed by atoms with Crippen LogP contribution in [0.3, 0.4) is 0 Å². The number of rotatable bonds is 1. The van der Waals surface area contributed by atoms with E-state index in [-0.39, 0.29) is 17.1 Å². The van der Waals surface area contributed by atoms with E-state index in [1.54, 1.807) is 19.1 Å². The van der Waals surface area contributed by atoms with Crippen molar-refractivity contribution in [2.45, 2.75) is 25.2 Å². The van der Waals surface area contributed by atoms with Gasteiger partial charge in [-0.3, -0.25) is 0 Å². The second-order valence-corrected chi connectivity index (χ2v) is 3.60. The Hall–Kier alpha value is -1.59. The number of cyclic esters (lactones) is 1. The lowest BCUT2D eigenvalue weighted by Crippen LogP contribution is -2.43. The van der Waals surface area contributed by atoms with E-state index >= 15 is 0 Å². The minimum atomic E-state index is -1.31. The quantitative estimate of drug-likeness (QED) is 0.484. The molecule has 2 heterocycles. The molecule has 2 aliphatic rings. The van der Waals surface area contributed by atoms with Gasteiger partial charge in [-0.1, -0.05) is 12.7 Å². The van der Waals surface area contributed by atoms with E-state index in [0.717, 1.165) is 0 Å². The molecule has 2 N–H and O–H groups in total. The third-order valence-electron chi connectivity index (χ3n) is 2.53. The van der Waals surface area contributed by atoms with Crippen LogP contribution in [0, 0.1) is 0 Å². The van der Waals surface area contributed by atoms with Crippen LogP contribution in [0.15, 0.2) is 35.8 Å². The maximum absolute atomic E-state index is 11.3. The number of allylic oxidation sites excluding steroid dienone is 1. The second-order valence-electron chi connectivity index (χ2n) is 3.60. The minimum absolute atomic E-state index is 0.0572. The molecule has 2 aliphatic heterocycles. The highest BCUT2D eigenvalue weighted by molar-refractivity contribution is 5.95. The van der Waals surface area contributed by atoms with Gasteiger partial charge in [0.05, 0.1) is 0 Å². The zero-order chi connectivity index (χ0) is 11.9. The standard InChI is InChI=1S/C11H12O5/c1-3-4-6-8(12)9(13)7-10(16-6)5(2)15-11(7)14/h3-4,6,8-9,12-13H,2H2,1H3/b4-3+/t6-,8+,9+/m0/s1. The van der Waals surface area contributed by atoms with Gasteiger partial charge in [0, 0.05) is 0 Å². The number of aliphatic hydroxyl groups excluding tert-OH is 2. The lowest BCUT2D eigenvalue weighted by molar-refractivity contribution is -0.135. The second kappa shape index (κ2) is 3.77. The van der Waals surface area contributed by atoms with Gasteiger partial charge in [0.2, 0.25) is 0 Å². The fraction of sp³-hybridized carbons (Fsp3) is 0.364. The van der Waals surface area contributed by atoms with Gasteiger partial charge >= 0.3 is 5.97 Å². The highest BCUT2D eigenvalue weighted by atomic mass is 16.6. The summed E-state index contributed by atoms with van der Waals surface area (Å²) < 4.78 is 10.1. The lowest BCUT2D eigenvalue weighted by atomic mass is 9.96. The molecule has 16 heavy (non-hydrogen) atoms. The first kappa shape index (κ1) is 10.9. The molecule has 0 amide bonds. The number of aliphatic hydroxyl groups is 2. The summed E-state index contributed by atoms with van der Waals surface area (Å²) in [6.07, 6.45) is 0.0791. The predicted octanol–water partition coefficient (Wildman–Crippen LogP) is 0.00770. The molecule has 0 saturated heterocycles. The average Bonchev–Trinajstić information content (AvgIpc) is 2.50. The third-order valence-corrected chi connectivity index (χ3v) is 2.53. The van der Waals surface area contributed by atoms with Gasteiger partial charge in [0.1, 0.15) is 23.9 Å². The molecule has 0 aliphatic carbocycles. The van der Waals surface area contributed by atoms with Gasteiger partial charge < -0.3 is 19.7 Å². The monoisotopic (exact) mass is 224 g/mol. The van der Waals surface area contributed by atoms with Crippen molar-refractivity contribution >= 4 is 5.97 Å². The summed E-state index contributed by atoms with van der Waals surface area (Å²) in [4.78, 5) is 11.3. The molecule has 0 spiro atoms. The SMILES string of the molecule is C=C1OC(=O)C2=C1O[C@@H](/C=C/C)[C@@H](O)[C@@H]2O. The summed E-state index contributed by atoms with van der Waals surface area (Å²) in [6, 6.07) is 0. The molecule has 5 nitrogen and oxygen atoms in total. The molecular formula is C11H12O5. The summed E-state index contributed by atoms with van der Waals surface area (Å²) in [6.45, 7) is 5.26. The predicted molar refractivity (Wildman–Crippen MR) is 54.0 cm³/mol. The number of ether oxygens (including phenoxy) is 2. The molecule has 0 aromatic rings. The molecule has 86 valence electrons. The normalized spacial score (nSPS) is 34.1. The van der Waals surface area contributed by atoms with Crippen molar-refractivity contribution < 1.29 is 24.5 Å². The summed E-state index contributed by atoms with van der Waals surface area (Å²) in [5.41, 5.74) is -0.0572. The van der Waals surface area contributed by atoms with E-state index in [1.165, 1.54) is 0 Å². The number of hydrogen-bond donors (Lipinski definition) is 2. The molecule has 2 rings (SSSR count). The van der Waals surface area contributed by atoms with Crippen molar-refractivity contribution in [3.8, 4) is 0 Å². The Morgan fingerprint density at radius 3 is 2.75 bits per heavy atom. The topological polar surface area (TPSA) is 76.0 Å². The van der Waals surface area contributed by atoms with Crippen LogP contribution >= 0.6 is 0 Å². The van der Waals surface area contributed by atoms with E-state index in [0.29, 0.717) is 0 Å². The number of carbonyl (C=O) groups is 1. The van der Waals surface area contributed by atoms with Crippen molar-refractivity contribution in [2.24, 2.45) is 0 Å². The van der Waals surface area contributed by atoms with Crippen LogP contribution < -0.4 is 0 Å². The molecule has 0 aromatic heterocycles. The summed E-state index contributed by atoms with van der Waals surface area (Å²) >= 11 is 0. The first-order valence-electron chi connectivity index (χ1n) is 4.87. The fourth-order valence-electron chi connectivity index (χ4n) is 1.74. The molecule has 0 saturated carbocycles. The number of hydrogen-bond acceptors (Lipinski definition) is 5. The summed E-state index contributed by atoms with van der Waals surface area (Å²) in [5, 5.41) is 19.5. The van der Waals surface area contributed by atoms with Crippen LogP contribution in [-0.4, -0.2) is 34.5 Å². The van der Waals surface area contributed by atoms with Crippen molar-refractivity contribution in [3.63, 3.8) is 0 Å². The van der Waals surface area contributed by atoms with Gasteiger partial charge in [-0.15, -0.1) is 0 Å². The Balaban J connectivity index is 2.40. The smallest absolute Gasteiger partial charge is 0.346 e. The molecule has 0 fully saturated rings. The van der Waals surface area contributed by atoms with Crippen molar-refractivity contribution in [2.75, 3.05) is 0 Å². The minimum Gasteiger partial charge on any atom is -0.479 e. The van der Waals surface area contributed by atoms with Crippen LogP contribution in [-0.2, 0) is 14.3 Å². The van der Waals surface area contributed by atoms with Crippen LogP contribution in [0.25, 0.3) is 0 Å². The maximum Gasteiger partial charge on any atom is 0.346 e. The first-order valence-corrected chi connectivity index (χ1v) is 4.87. The number of carbonyl (C=O) groups excluding carboxylic acids is 1. The molecule has 0 bridgehead atoms. The van der Waals surface area contributed by atoms with E-state index in [4.69, 9.17) is 9.47 Å². The Kier molecular flexibility index (Phi) is 2.57. The summed E-state index contributed by atoms with van der Waals surface area (Å²) in [7, 11) is 0.